The van der Waals surface area contributed by atoms with Crippen molar-refractivity contribution >= 4 is 34.8 Å². The average Bonchev–Trinajstić information content (AvgIpc) is 3.35. The molecule has 2 fully saturated rings. The highest BCUT2D eigenvalue weighted by molar-refractivity contribution is 5.88. The van der Waals surface area contributed by atoms with E-state index in [4.69, 9.17) is 0 Å². The minimum Gasteiger partial charge on any atom is -0.369 e. The Bertz CT molecular complexity index is 1430. The molecule has 5 heteroatoms. The van der Waals surface area contributed by atoms with Gasteiger partial charge in [-0.2, -0.15) is 0 Å². The third kappa shape index (κ3) is 7.05. The molecule has 1 aliphatic heterocycles. The van der Waals surface area contributed by atoms with Gasteiger partial charge in [0.05, 0.1) is 0 Å². The lowest BCUT2D eigenvalue weighted by molar-refractivity contribution is -0.118. The first-order valence-corrected chi connectivity index (χ1v) is 15.3. The summed E-state index contributed by atoms with van der Waals surface area (Å²) in [5.74, 6) is 1.09. The second-order valence-corrected chi connectivity index (χ2v) is 12.0. The van der Waals surface area contributed by atoms with E-state index in [9.17, 15) is 4.79 Å². The van der Waals surface area contributed by atoms with Crippen LogP contribution in [0.5, 0.6) is 0 Å². The zero-order valence-corrected chi connectivity index (χ0v) is 25.2. The summed E-state index contributed by atoms with van der Waals surface area (Å²) in [6, 6.07) is 26.2. The molecule has 1 unspecified atom stereocenters. The summed E-state index contributed by atoms with van der Waals surface area (Å²) >= 11 is 0. The molecule has 4 nitrogen and oxygen atoms in total. The predicted molar refractivity (Wildman–Crippen MR) is 174 cm³/mol. The molecule has 3 aromatic carbocycles. The van der Waals surface area contributed by atoms with Crippen LogP contribution in [-0.2, 0) is 17.8 Å². The fourth-order valence-corrected chi connectivity index (χ4v) is 6.92. The van der Waals surface area contributed by atoms with Gasteiger partial charge in [0.1, 0.15) is 5.78 Å². The molecule has 41 heavy (non-hydrogen) atoms. The number of anilines is 1. The minimum absolute atomic E-state index is 0. The van der Waals surface area contributed by atoms with Crippen LogP contribution < -0.4 is 10.2 Å². The molecule has 6 rings (SSSR count). The van der Waals surface area contributed by atoms with Crippen LogP contribution in [-0.4, -0.2) is 36.5 Å². The number of aromatic nitrogens is 1. The third-order valence-corrected chi connectivity index (χ3v) is 9.07. The lowest BCUT2D eigenvalue weighted by Gasteiger charge is -2.29. The minimum atomic E-state index is 0. The predicted octanol–water partition coefficient (Wildman–Crippen LogP) is 7.70. The molecule has 1 aliphatic carbocycles. The van der Waals surface area contributed by atoms with Gasteiger partial charge in [-0.3, -0.25) is 4.79 Å². The van der Waals surface area contributed by atoms with Gasteiger partial charge in [0.15, 0.2) is 0 Å². The maximum absolute atomic E-state index is 13.7. The maximum atomic E-state index is 13.7. The monoisotopic (exact) mass is 569 g/mol. The van der Waals surface area contributed by atoms with Crippen molar-refractivity contribution in [3.63, 3.8) is 0 Å². The number of nitrogens with zero attached hydrogens (tertiary/aromatic N) is 2. The van der Waals surface area contributed by atoms with Crippen molar-refractivity contribution < 1.29 is 4.79 Å². The molecule has 0 radical (unpaired) electrons. The van der Waals surface area contributed by atoms with E-state index in [2.05, 4.69) is 101 Å². The Morgan fingerprint density at radius 3 is 2.44 bits per heavy atom. The quantitative estimate of drug-likeness (QED) is 0.224. The van der Waals surface area contributed by atoms with Crippen LogP contribution in [0.25, 0.3) is 10.9 Å². The van der Waals surface area contributed by atoms with E-state index in [1.54, 1.807) is 0 Å². The highest BCUT2D eigenvalue weighted by Gasteiger charge is 2.24. The van der Waals surface area contributed by atoms with E-state index in [0.717, 1.165) is 44.2 Å². The summed E-state index contributed by atoms with van der Waals surface area (Å²) in [6.45, 7) is 7.34. The molecular weight excluding hydrogens is 526 g/mol. The Kier molecular flexibility index (Phi) is 9.84. The fourth-order valence-electron chi connectivity index (χ4n) is 6.92. The molecule has 1 aromatic heterocycles. The van der Waals surface area contributed by atoms with Gasteiger partial charge in [-0.15, -0.1) is 12.4 Å². The van der Waals surface area contributed by atoms with Crippen molar-refractivity contribution in [3.05, 3.63) is 101 Å². The SMILES string of the molecule is Cc1cccc(C(CC(=O)Cc2ccc(N3CCNCC3)cc2)c2cn(CC3CCCCC3)c3ccccc23)c1.Cl. The van der Waals surface area contributed by atoms with E-state index in [-0.39, 0.29) is 18.3 Å². The number of aryl methyl sites for hydroxylation is 1. The largest absolute Gasteiger partial charge is 0.369 e. The number of fused-ring (bicyclic) bond motifs is 1. The van der Waals surface area contributed by atoms with Crippen LogP contribution in [0.3, 0.4) is 0 Å². The zero-order valence-electron chi connectivity index (χ0n) is 24.4. The van der Waals surface area contributed by atoms with Crippen molar-refractivity contribution in [1.82, 2.24) is 9.88 Å². The van der Waals surface area contributed by atoms with Crippen molar-refractivity contribution in [2.24, 2.45) is 5.92 Å². The number of benzene rings is 3. The molecule has 0 amide bonds. The van der Waals surface area contributed by atoms with Crippen LogP contribution >= 0.6 is 12.4 Å². The number of Topliss-reactive ketones (excluding diaryl/α,β-unsaturated/α-hetero) is 1. The number of halogens is 1. The Morgan fingerprint density at radius 2 is 1.68 bits per heavy atom. The Hall–Kier alpha value is -3.08. The van der Waals surface area contributed by atoms with Gasteiger partial charge in [-0.05, 0) is 60.6 Å². The topological polar surface area (TPSA) is 37.3 Å². The van der Waals surface area contributed by atoms with Crippen LogP contribution in [0.4, 0.5) is 5.69 Å². The molecule has 216 valence electrons. The number of hydrogen-bond donors (Lipinski definition) is 1. The van der Waals surface area contributed by atoms with Gasteiger partial charge in [0.2, 0.25) is 0 Å². The molecule has 1 atom stereocenters. The first kappa shape index (κ1) is 29.4. The van der Waals surface area contributed by atoms with Gasteiger partial charge >= 0.3 is 0 Å². The van der Waals surface area contributed by atoms with Crippen LogP contribution in [0.2, 0.25) is 0 Å². The molecule has 2 aliphatic rings. The van der Waals surface area contributed by atoms with Crippen molar-refractivity contribution in [2.75, 3.05) is 31.1 Å². The number of para-hydroxylation sites is 1. The van der Waals surface area contributed by atoms with E-state index < -0.39 is 0 Å². The summed E-state index contributed by atoms with van der Waals surface area (Å²) in [5, 5.41) is 4.71. The number of nitrogens with one attached hydrogen (secondary N) is 1. The number of piperazine rings is 1. The Labute approximate surface area is 251 Å². The van der Waals surface area contributed by atoms with E-state index in [1.165, 1.54) is 65.4 Å². The van der Waals surface area contributed by atoms with Gasteiger partial charge in [0, 0.05) is 74.3 Å². The average molecular weight is 570 g/mol. The van der Waals surface area contributed by atoms with Crippen molar-refractivity contribution in [2.45, 2.75) is 64.3 Å². The summed E-state index contributed by atoms with van der Waals surface area (Å²) in [4.78, 5) is 16.1. The molecule has 4 aromatic rings. The first-order valence-electron chi connectivity index (χ1n) is 15.3. The molecule has 1 saturated carbocycles. The summed E-state index contributed by atoms with van der Waals surface area (Å²) in [7, 11) is 0. The van der Waals surface area contributed by atoms with Crippen LogP contribution in [0.1, 0.15) is 66.7 Å². The second kappa shape index (κ2) is 13.7. The molecule has 0 spiro atoms. The molecular formula is C36H44ClN3O. The summed E-state index contributed by atoms with van der Waals surface area (Å²) in [6.07, 6.45) is 10.1. The van der Waals surface area contributed by atoms with Gasteiger partial charge in [-0.1, -0.05) is 79.4 Å². The fraction of sp³-hybridized carbons (Fsp3) is 0.417. The first-order chi connectivity index (χ1) is 19.6. The second-order valence-electron chi connectivity index (χ2n) is 12.0. The lowest BCUT2D eigenvalue weighted by Crippen LogP contribution is -2.43. The van der Waals surface area contributed by atoms with Gasteiger partial charge < -0.3 is 14.8 Å². The van der Waals surface area contributed by atoms with E-state index in [1.807, 2.05) is 0 Å². The van der Waals surface area contributed by atoms with Crippen molar-refractivity contribution in [1.29, 1.82) is 0 Å². The molecule has 2 heterocycles. The number of rotatable bonds is 9. The van der Waals surface area contributed by atoms with E-state index >= 15 is 0 Å². The maximum Gasteiger partial charge on any atom is 0.138 e. The highest BCUT2D eigenvalue weighted by Crippen LogP contribution is 2.37. The smallest absolute Gasteiger partial charge is 0.138 e. The highest BCUT2D eigenvalue weighted by atomic mass is 35.5. The van der Waals surface area contributed by atoms with E-state index in [0.29, 0.717) is 18.6 Å². The van der Waals surface area contributed by atoms with Crippen molar-refractivity contribution in [3.8, 4) is 0 Å². The number of ketones is 1. The standard InChI is InChI=1S/C36H43N3O.ClH/c1-27-8-7-11-30(22-27)34(24-32(40)23-28-14-16-31(17-15-28)38-20-18-37-19-21-38)35-26-39(25-29-9-3-2-4-10-29)36-13-6-5-12-33(35)36;/h5-8,11-17,22,26,29,34,37H,2-4,9-10,18-21,23-25H2,1H3;1H. The zero-order chi connectivity index (χ0) is 27.3. The number of carbonyl (C=O) groups is 1. The number of carbonyl (C=O) groups excluding carboxylic acids is 1. The van der Waals surface area contributed by atoms with Crippen LogP contribution in [0.15, 0.2) is 79.0 Å². The normalized spacial score (nSPS) is 16.9. The third-order valence-electron chi connectivity index (χ3n) is 9.07. The number of hydrogen-bond acceptors (Lipinski definition) is 3. The van der Waals surface area contributed by atoms with Gasteiger partial charge in [0.25, 0.3) is 0 Å². The summed E-state index contributed by atoms with van der Waals surface area (Å²) in [5.41, 5.74) is 7.43. The molecule has 1 saturated heterocycles. The van der Waals surface area contributed by atoms with Crippen LogP contribution in [0, 0.1) is 12.8 Å². The Morgan fingerprint density at radius 1 is 0.927 bits per heavy atom. The summed E-state index contributed by atoms with van der Waals surface area (Å²) < 4.78 is 2.49. The van der Waals surface area contributed by atoms with Gasteiger partial charge in [-0.25, -0.2) is 0 Å². The Balaban J connectivity index is 0.00000337. The molecule has 1 N–H and O–H groups in total. The molecule has 0 bridgehead atoms. The lowest BCUT2D eigenvalue weighted by atomic mass is 9.85.